The van der Waals surface area contributed by atoms with Crippen LogP contribution < -0.4 is 10.1 Å². The van der Waals surface area contributed by atoms with Gasteiger partial charge in [0.2, 0.25) is 15.7 Å². The van der Waals surface area contributed by atoms with Crippen LogP contribution in [0.25, 0.3) is 10.9 Å². The third kappa shape index (κ3) is 3.38. The number of fused-ring (bicyclic) bond motifs is 1. The Kier molecular flexibility index (Phi) is 5.07. The molecule has 4 rings (SSSR count). The van der Waals surface area contributed by atoms with Gasteiger partial charge < -0.3 is 14.6 Å². The summed E-state index contributed by atoms with van der Waals surface area (Å²) in [6.07, 6.45) is 6.38. The standard InChI is InChI=1S/C20H22FN3O3S/c1-27-20-10-17-15(11-23-20)19(13-24(17)12-14-6-4-5-9-22-14)28(25,26)18-8-3-2-7-16(18)21/h2-3,7-8,10-11,13-14,22H,4-6,9,12H2,1H3. The summed E-state index contributed by atoms with van der Waals surface area (Å²) >= 11 is 0. The highest BCUT2D eigenvalue weighted by atomic mass is 32.2. The number of ether oxygens (including phenoxy) is 1. The van der Waals surface area contributed by atoms with Crippen molar-refractivity contribution >= 4 is 20.7 Å². The van der Waals surface area contributed by atoms with E-state index in [1.165, 1.54) is 31.5 Å². The van der Waals surface area contributed by atoms with E-state index >= 15 is 0 Å². The minimum atomic E-state index is -4.03. The molecule has 148 valence electrons. The van der Waals surface area contributed by atoms with Crippen LogP contribution in [0.1, 0.15) is 19.3 Å². The van der Waals surface area contributed by atoms with Gasteiger partial charge in [0.1, 0.15) is 10.7 Å². The summed E-state index contributed by atoms with van der Waals surface area (Å²) in [4.78, 5) is 3.89. The summed E-state index contributed by atoms with van der Waals surface area (Å²) in [5.41, 5.74) is 0.703. The van der Waals surface area contributed by atoms with E-state index in [-0.39, 0.29) is 15.8 Å². The lowest BCUT2D eigenvalue weighted by atomic mass is 10.1. The summed E-state index contributed by atoms with van der Waals surface area (Å²) in [6.45, 7) is 1.57. The lowest BCUT2D eigenvalue weighted by Crippen LogP contribution is -2.37. The van der Waals surface area contributed by atoms with Crippen LogP contribution >= 0.6 is 0 Å². The third-order valence-electron chi connectivity index (χ3n) is 5.16. The highest BCUT2D eigenvalue weighted by molar-refractivity contribution is 7.91. The summed E-state index contributed by atoms with van der Waals surface area (Å²) in [6, 6.07) is 7.40. The predicted octanol–water partition coefficient (Wildman–Crippen LogP) is 3.16. The Labute approximate surface area is 163 Å². The maximum absolute atomic E-state index is 14.2. The van der Waals surface area contributed by atoms with Crippen LogP contribution in [0.4, 0.5) is 4.39 Å². The van der Waals surface area contributed by atoms with Crippen molar-refractivity contribution in [3.8, 4) is 5.88 Å². The predicted molar refractivity (Wildman–Crippen MR) is 104 cm³/mol. The Morgan fingerprint density at radius 1 is 1.29 bits per heavy atom. The molecule has 0 bridgehead atoms. The van der Waals surface area contributed by atoms with Gasteiger partial charge in [0.25, 0.3) is 0 Å². The molecule has 0 aliphatic carbocycles. The van der Waals surface area contributed by atoms with Gasteiger partial charge in [0.15, 0.2) is 0 Å². The summed E-state index contributed by atoms with van der Waals surface area (Å²) in [7, 11) is -2.52. The van der Waals surface area contributed by atoms with Gasteiger partial charge in [0.05, 0.1) is 17.5 Å². The first kappa shape index (κ1) is 18.9. The second kappa shape index (κ2) is 7.52. The highest BCUT2D eigenvalue weighted by Crippen LogP contribution is 2.32. The molecule has 0 spiro atoms. The van der Waals surface area contributed by atoms with E-state index in [2.05, 4.69) is 10.3 Å². The Balaban J connectivity index is 1.85. The fraction of sp³-hybridized carbons (Fsp3) is 0.350. The minimum Gasteiger partial charge on any atom is -0.481 e. The number of methoxy groups -OCH3 is 1. The molecule has 0 radical (unpaired) electrons. The van der Waals surface area contributed by atoms with Gasteiger partial charge in [-0.1, -0.05) is 18.6 Å². The molecule has 3 aromatic rings. The molecule has 0 amide bonds. The van der Waals surface area contributed by atoms with Crippen LogP contribution in [0, 0.1) is 5.82 Å². The number of benzene rings is 1. The second-order valence-electron chi connectivity index (χ2n) is 6.97. The molecular weight excluding hydrogens is 381 g/mol. The summed E-state index contributed by atoms with van der Waals surface area (Å²) < 4.78 is 47.8. The molecule has 0 saturated carbocycles. The van der Waals surface area contributed by atoms with Crippen molar-refractivity contribution in [3.05, 3.63) is 48.5 Å². The van der Waals surface area contributed by atoms with Crippen molar-refractivity contribution in [2.24, 2.45) is 0 Å². The number of pyridine rings is 1. The van der Waals surface area contributed by atoms with Crippen molar-refractivity contribution in [3.63, 3.8) is 0 Å². The third-order valence-corrected chi connectivity index (χ3v) is 6.97. The van der Waals surface area contributed by atoms with Crippen LogP contribution in [-0.4, -0.2) is 37.7 Å². The molecule has 1 fully saturated rings. The molecule has 1 unspecified atom stereocenters. The fourth-order valence-corrected chi connectivity index (χ4v) is 5.24. The van der Waals surface area contributed by atoms with Gasteiger partial charge in [-0.2, -0.15) is 0 Å². The van der Waals surface area contributed by atoms with Crippen LogP contribution in [0.15, 0.2) is 52.5 Å². The largest absolute Gasteiger partial charge is 0.481 e. The van der Waals surface area contributed by atoms with E-state index in [4.69, 9.17) is 4.74 Å². The number of hydrogen-bond acceptors (Lipinski definition) is 5. The Morgan fingerprint density at radius 3 is 2.82 bits per heavy atom. The minimum absolute atomic E-state index is 0.0542. The number of sulfone groups is 1. The molecule has 1 atom stereocenters. The molecule has 28 heavy (non-hydrogen) atoms. The Hall–Kier alpha value is -2.45. The van der Waals surface area contributed by atoms with Gasteiger partial charge in [-0.3, -0.25) is 0 Å². The van der Waals surface area contributed by atoms with E-state index < -0.39 is 15.7 Å². The van der Waals surface area contributed by atoms with Crippen LogP contribution in [0.2, 0.25) is 0 Å². The first-order valence-corrected chi connectivity index (χ1v) is 10.7. The van der Waals surface area contributed by atoms with Crippen molar-refractivity contribution in [2.45, 2.75) is 41.6 Å². The second-order valence-corrected chi connectivity index (χ2v) is 8.86. The molecule has 3 heterocycles. The van der Waals surface area contributed by atoms with E-state index in [1.807, 2.05) is 4.57 Å². The molecule has 6 nitrogen and oxygen atoms in total. The molecule has 1 aliphatic heterocycles. The van der Waals surface area contributed by atoms with E-state index in [0.717, 1.165) is 31.9 Å². The van der Waals surface area contributed by atoms with Crippen LogP contribution in [0.5, 0.6) is 5.88 Å². The van der Waals surface area contributed by atoms with Crippen molar-refractivity contribution in [1.82, 2.24) is 14.9 Å². The molecule has 8 heteroatoms. The zero-order chi connectivity index (χ0) is 19.7. The van der Waals surface area contributed by atoms with Gasteiger partial charge in [-0.15, -0.1) is 0 Å². The monoisotopic (exact) mass is 403 g/mol. The normalized spacial score (nSPS) is 17.7. The average molecular weight is 403 g/mol. The first-order chi connectivity index (χ1) is 13.5. The number of piperidine rings is 1. The number of nitrogens with one attached hydrogen (secondary N) is 1. The maximum atomic E-state index is 14.2. The Morgan fingerprint density at radius 2 is 2.11 bits per heavy atom. The lowest BCUT2D eigenvalue weighted by molar-refractivity contribution is 0.366. The van der Waals surface area contributed by atoms with Gasteiger partial charge in [-0.05, 0) is 31.5 Å². The van der Waals surface area contributed by atoms with E-state index in [1.54, 1.807) is 12.3 Å². The Bertz CT molecular complexity index is 1110. The van der Waals surface area contributed by atoms with E-state index in [9.17, 15) is 12.8 Å². The van der Waals surface area contributed by atoms with E-state index in [0.29, 0.717) is 23.3 Å². The van der Waals surface area contributed by atoms with Crippen molar-refractivity contribution in [2.75, 3.05) is 13.7 Å². The highest BCUT2D eigenvalue weighted by Gasteiger charge is 2.27. The molecule has 1 aromatic carbocycles. The number of nitrogens with zero attached hydrogens (tertiary/aromatic N) is 2. The molecular formula is C20H22FN3O3S. The molecule has 1 N–H and O–H groups in total. The maximum Gasteiger partial charge on any atom is 0.215 e. The van der Waals surface area contributed by atoms with Crippen LogP contribution in [0.3, 0.4) is 0 Å². The average Bonchev–Trinajstić information content (AvgIpc) is 3.07. The topological polar surface area (TPSA) is 73.2 Å². The first-order valence-electron chi connectivity index (χ1n) is 9.26. The lowest BCUT2D eigenvalue weighted by Gasteiger charge is -2.24. The van der Waals surface area contributed by atoms with Gasteiger partial charge in [0, 0.05) is 36.4 Å². The SMILES string of the molecule is COc1cc2c(cn1)c(S(=O)(=O)c1ccccc1F)cn2CC1CCCCN1. The van der Waals surface area contributed by atoms with Gasteiger partial charge in [-0.25, -0.2) is 17.8 Å². The summed E-state index contributed by atoms with van der Waals surface area (Å²) in [5.74, 6) is -0.364. The fourth-order valence-electron chi connectivity index (χ4n) is 3.71. The van der Waals surface area contributed by atoms with Gasteiger partial charge >= 0.3 is 0 Å². The number of hydrogen-bond donors (Lipinski definition) is 1. The molecule has 2 aromatic heterocycles. The van der Waals surface area contributed by atoms with Crippen molar-refractivity contribution < 1.29 is 17.5 Å². The smallest absolute Gasteiger partial charge is 0.215 e. The number of aromatic nitrogens is 2. The molecule has 1 saturated heterocycles. The number of rotatable bonds is 5. The zero-order valence-corrected chi connectivity index (χ0v) is 16.4. The van der Waals surface area contributed by atoms with Crippen molar-refractivity contribution in [1.29, 1.82) is 0 Å². The van der Waals surface area contributed by atoms with Crippen LogP contribution in [-0.2, 0) is 16.4 Å². The summed E-state index contributed by atoms with van der Waals surface area (Å²) in [5, 5.41) is 3.93. The molecule has 1 aliphatic rings. The zero-order valence-electron chi connectivity index (χ0n) is 15.6. The number of halogens is 1. The quantitative estimate of drug-likeness (QED) is 0.708.